The van der Waals surface area contributed by atoms with Crippen LogP contribution >= 0.6 is 0 Å². The fraction of sp³-hybridized carbons (Fsp3) is 0.583. The van der Waals surface area contributed by atoms with Crippen LogP contribution in [0.3, 0.4) is 0 Å². The molecular formula is C12H18N2O. The summed E-state index contributed by atoms with van der Waals surface area (Å²) in [4.78, 5) is 2.43. The Labute approximate surface area is 90.9 Å². The molecule has 1 fully saturated rings. The van der Waals surface area contributed by atoms with Crippen LogP contribution in [0.2, 0.25) is 0 Å². The Morgan fingerprint density at radius 2 is 2.20 bits per heavy atom. The first-order valence-corrected chi connectivity index (χ1v) is 5.64. The number of aromatic nitrogens is 1. The van der Waals surface area contributed by atoms with Gasteiger partial charge in [-0.15, -0.1) is 0 Å². The summed E-state index contributed by atoms with van der Waals surface area (Å²) in [5, 5.41) is 11.1. The van der Waals surface area contributed by atoms with Gasteiger partial charge < -0.3 is 5.21 Å². The van der Waals surface area contributed by atoms with Crippen molar-refractivity contribution in [3.63, 3.8) is 0 Å². The summed E-state index contributed by atoms with van der Waals surface area (Å²) in [6.45, 7) is 5.55. The Morgan fingerprint density at radius 1 is 1.47 bits per heavy atom. The summed E-state index contributed by atoms with van der Waals surface area (Å²) in [7, 11) is 0. The van der Waals surface area contributed by atoms with Gasteiger partial charge in [-0.2, -0.15) is 4.73 Å². The van der Waals surface area contributed by atoms with Gasteiger partial charge in [-0.1, -0.05) is 6.92 Å². The first-order valence-electron chi connectivity index (χ1n) is 5.64. The first kappa shape index (κ1) is 10.4. The molecule has 0 aromatic carbocycles. The minimum absolute atomic E-state index is 0.862. The average molecular weight is 206 g/mol. The van der Waals surface area contributed by atoms with Crippen LogP contribution in [0.25, 0.3) is 0 Å². The monoisotopic (exact) mass is 206 g/mol. The van der Waals surface area contributed by atoms with Crippen molar-refractivity contribution in [1.82, 2.24) is 4.90 Å². The van der Waals surface area contributed by atoms with Crippen molar-refractivity contribution in [3.05, 3.63) is 35.3 Å². The quantitative estimate of drug-likeness (QED) is 0.543. The Balaban J connectivity index is 1.92. The molecule has 0 N–H and O–H groups in total. The maximum atomic E-state index is 11.1. The maximum absolute atomic E-state index is 11.1. The van der Waals surface area contributed by atoms with E-state index in [2.05, 4.69) is 11.8 Å². The van der Waals surface area contributed by atoms with Gasteiger partial charge in [-0.3, -0.25) is 4.90 Å². The molecule has 1 aliphatic heterocycles. The van der Waals surface area contributed by atoms with Crippen LogP contribution < -0.4 is 4.73 Å². The predicted molar refractivity (Wildman–Crippen MR) is 59.1 cm³/mol. The third-order valence-electron chi connectivity index (χ3n) is 3.12. The minimum Gasteiger partial charge on any atom is -0.619 e. The van der Waals surface area contributed by atoms with E-state index in [-0.39, 0.29) is 0 Å². The predicted octanol–water partition coefficient (Wildman–Crippen LogP) is 1.55. The molecule has 0 aliphatic carbocycles. The number of hydrogen-bond acceptors (Lipinski definition) is 2. The molecule has 3 heteroatoms. The number of nitrogens with zero attached hydrogens (tertiary/aromatic N) is 2. The van der Waals surface area contributed by atoms with E-state index in [9.17, 15) is 5.21 Å². The summed E-state index contributed by atoms with van der Waals surface area (Å²) in [6, 6.07) is 3.83. The van der Waals surface area contributed by atoms with E-state index in [1.54, 1.807) is 6.20 Å². The Hall–Kier alpha value is -1.09. The molecule has 1 aromatic rings. The average Bonchev–Trinajstić information content (AvgIpc) is 2.22. The summed E-state index contributed by atoms with van der Waals surface area (Å²) in [5.41, 5.74) is 1.11. The fourth-order valence-corrected chi connectivity index (χ4v) is 2.07. The summed E-state index contributed by atoms with van der Waals surface area (Å²) in [5.74, 6) is 0.862. The first-order chi connectivity index (χ1) is 7.24. The lowest BCUT2D eigenvalue weighted by Crippen LogP contribution is -2.33. The topological polar surface area (TPSA) is 30.2 Å². The van der Waals surface area contributed by atoms with E-state index in [0.29, 0.717) is 0 Å². The van der Waals surface area contributed by atoms with E-state index in [0.717, 1.165) is 35.8 Å². The van der Waals surface area contributed by atoms with Crippen LogP contribution in [0.15, 0.2) is 24.5 Å². The van der Waals surface area contributed by atoms with E-state index >= 15 is 0 Å². The zero-order valence-electron chi connectivity index (χ0n) is 9.22. The fourth-order valence-electron chi connectivity index (χ4n) is 2.07. The molecule has 2 rings (SSSR count). The molecule has 82 valence electrons. The lowest BCUT2D eigenvalue weighted by molar-refractivity contribution is -0.605. The normalized spacial score (nSPS) is 19.3. The zero-order valence-corrected chi connectivity index (χ0v) is 9.22. The molecule has 2 heterocycles. The number of hydrogen-bond donors (Lipinski definition) is 0. The Bertz CT molecular complexity index is 319. The number of rotatable bonds is 2. The van der Waals surface area contributed by atoms with Crippen molar-refractivity contribution in [2.24, 2.45) is 5.92 Å². The molecule has 0 spiro atoms. The zero-order chi connectivity index (χ0) is 10.7. The molecule has 0 radical (unpaired) electrons. The number of likely N-dealkylation sites (tertiary alicyclic amines) is 1. The molecule has 0 amide bonds. The molecule has 1 saturated heterocycles. The highest BCUT2D eigenvalue weighted by atomic mass is 16.5. The van der Waals surface area contributed by atoms with E-state index in [1.165, 1.54) is 19.0 Å². The van der Waals surface area contributed by atoms with Crippen LogP contribution in [0.5, 0.6) is 0 Å². The van der Waals surface area contributed by atoms with Crippen LogP contribution in [-0.4, -0.2) is 18.0 Å². The minimum atomic E-state index is 0.862. The smallest absolute Gasteiger partial charge is 0.184 e. The summed E-state index contributed by atoms with van der Waals surface area (Å²) >= 11 is 0. The van der Waals surface area contributed by atoms with Crippen molar-refractivity contribution in [2.75, 3.05) is 13.1 Å². The van der Waals surface area contributed by atoms with Crippen molar-refractivity contribution in [3.8, 4) is 0 Å². The van der Waals surface area contributed by atoms with E-state index < -0.39 is 0 Å². The van der Waals surface area contributed by atoms with Gasteiger partial charge in [0.05, 0.1) is 0 Å². The number of piperidine rings is 1. The molecule has 1 aromatic heterocycles. The van der Waals surface area contributed by atoms with Crippen molar-refractivity contribution >= 4 is 0 Å². The van der Waals surface area contributed by atoms with Gasteiger partial charge in [0.15, 0.2) is 12.4 Å². The third-order valence-corrected chi connectivity index (χ3v) is 3.12. The van der Waals surface area contributed by atoms with Crippen LogP contribution in [0.1, 0.15) is 25.3 Å². The lowest BCUT2D eigenvalue weighted by atomic mass is 9.99. The van der Waals surface area contributed by atoms with E-state index in [4.69, 9.17) is 0 Å². The van der Waals surface area contributed by atoms with Crippen molar-refractivity contribution in [1.29, 1.82) is 0 Å². The van der Waals surface area contributed by atoms with Crippen LogP contribution in [0, 0.1) is 11.1 Å². The van der Waals surface area contributed by atoms with Crippen molar-refractivity contribution < 1.29 is 4.73 Å². The maximum Gasteiger partial charge on any atom is 0.184 e. The van der Waals surface area contributed by atoms with Crippen LogP contribution in [-0.2, 0) is 6.54 Å². The highest BCUT2D eigenvalue weighted by Gasteiger charge is 2.16. The van der Waals surface area contributed by atoms with Gasteiger partial charge in [0.2, 0.25) is 0 Å². The molecule has 3 nitrogen and oxygen atoms in total. The molecule has 0 unspecified atom stereocenters. The molecule has 0 atom stereocenters. The second-order valence-corrected chi connectivity index (χ2v) is 4.53. The lowest BCUT2D eigenvalue weighted by Gasteiger charge is -2.29. The summed E-state index contributed by atoms with van der Waals surface area (Å²) < 4.78 is 0.877. The molecular weight excluding hydrogens is 188 g/mol. The van der Waals surface area contributed by atoms with Gasteiger partial charge in [0.1, 0.15) is 0 Å². The Kier molecular flexibility index (Phi) is 3.21. The highest BCUT2D eigenvalue weighted by Crippen LogP contribution is 2.17. The van der Waals surface area contributed by atoms with Gasteiger partial charge in [-0.05, 0) is 37.9 Å². The van der Waals surface area contributed by atoms with E-state index in [1.807, 2.05) is 12.1 Å². The van der Waals surface area contributed by atoms with Gasteiger partial charge in [0, 0.05) is 18.2 Å². The summed E-state index contributed by atoms with van der Waals surface area (Å²) in [6.07, 6.45) is 5.76. The van der Waals surface area contributed by atoms with Crippen molar-refractivity contribution in [2.45, 2.75) is 26.3 Å². The second kappa shape index (κ2) is 4.62. The molecule has 0 bridgehead atoms. The standard InChI is InChI=1S/C12H18N2O/c1-11-4-7-13(8-5-11)9-12-3-2-6-14(15)10-12/h2-3,6,10-11H,4-5,7-9H2,1H3. The van der Waals surface area contributed by atoms with Gasteiger partial charge in [0.25, 0.3) is 0 Å². The largest absolute Gasteiger partial charge is 0.619 e. The van der Waals surface area contributed by atoms with Crippen LogP contribution in [0.4, 0.5) is 0 Å². The SMILES string of the molecule is CC1CCN(Cc2ccc[n+]([O-])c2)CC1. The van der Waals surface area contributed by atoms with Gasteiger partial charge in [-0.25, -0.2) is 0 Å². The Morgan fingerprint density at radius 3 is 2.87 bits per heavy atom. The second-order valence-electron chi connectivity index (χ2n) is 4.53. The highest BCUT2D eigenvalue weighted by molar-refractivity contribution is 5.05. The molecule has 0 saturated carbocycles. The number of pyridine rings is 1. The van der Waals surface area contributed by atoms with Gasteiger partial charge >= 0.3 is 0 Å². The molecule has 15 heavy (non-hydrogen) atoms. The molecule has 1 aliphatic rings. The third kappa shape index (κ3) is 2.93.